The lowest BCUT2D eigenvalue weighted by atomic mass is 9.93. The number of aliphatic hydroxyl groups is 1. The van der Waals surface area contributed by atoms with Gasteiger partial charge in [-0.15, -0.1) is 0 Å². The standard InChI is InChI=1S/C29H27F6NO3.CH2O2/c1-28(2,37)5-6-38-18-3-4-19(22(11-18)27(31)32)21-9-17(25(30)12-24(21)29(33,34)35)14-39-26-10-16-7-15-8-20(15)23(16)13-36-26;2-1-3/h3-4,9-13,15,20,27,37H,5-8,14H2,1-2H3;1H,(H,2,3). The fraction of sp³-hybridized carbons (Fsp3) is 0.400. The maximum atomic E-state index is 14.8. The minimum absolute atomic E-state index is 0.00933. The minimum atomic E-state index is -5.00. The van der Waals surface area contributed by atoms with E-state index >= 15 is 0 Å². The fourth-order valence-electron chi connectivity index (χ4n) is 5.02. The average molecular weight is 598 g/mol. The molecule has 12 heteroatoms. The van der Waals surface area contributed by atoms with Crippen LogP contribution in [0.15, 0.2) is 42.6 Å². The molecule has 1 aromatic heterocycles. The Kier molecular flexibility index (Phi) is 9.05. The monoisotopic (exact) mass is 597 g/mol. The van der Waals surface area contributed by atoms with Gasteiger partial charge in [0.15, 0.2) is 0 Å². The second-order valence-corrected chi connectivity index (χ2v) is 10.9. The number of hydrogen-bond donors (Lipinski definition) is 2. The third-order valence-corrected chi connectivity index (χ3v) is 7.20. The normalized spacial score (nSPS) is 17.2. The number of ether oxygens (including phenoxy) is 2. The maximum Gasteiger partial charge on any atom is 0.417 e. The number of hydrogen-bond acceptors (Lipinski definition) is 5. The zero-order chi connectivity index (χ0) is 30.8. The van der Waals surface area contributed by atoms with E-state index in [0.29, 0.717) is 17.9 Å². The number of rotatable bonds is 9. The molecule has 0 spiro atoms. The molecule has 2 atom stereocenters. The summed E-state index contributed by atoms with van der Waals surface area (Å²) in [7, 11) is 0. The molecule has 0 saturated heterocycles. The number of carboxylic acid groups (broad SMARTS) is 1. The Hall–Kier alpha value is -3.80. The van der Waals surface area contributed by atoms with Crippen LogP contribution in [0.4, 0.5) is 26.3 Å². The second kappa shape index (κ2) is 12.2. The van der Waals surface area contributed by atoms with Crippen LogP contribution in [0.25, 0.3) is 11.1 Å². The molecule has 1 fully saturated rings. The van der Waals surface area contributed by atoms with E-state index in [2.05, 4.69) is 4.98 Å². The molecular weight excluding hydrogens is 568 g/mol. The van der Waals surface area contributed by atoms with Crippen molar-refractivity contribution in [1.29, 1.82) is 0 Å². The van der Waals surface area contributed by atoms with Crippen molar-refractivity contribution in [1.82, 2.24) is 4.98 Å². The van der Waals surface area contributed by atoms with Crippen LogP contribution >= 0.6 is 0 Å². The van der Waals surface area contributed by atoms with Gasteiger partial charge in [0, 0.05) is 29.8 Å². The summed E-state index contributed by atoms with van der Waals surface area (Å²) in [6.45, 7) is 2.44. The predicted octanol–water partition coefficient (Wildman–Crippen LogP) is 7.32. The zero-order valence-corrected chi connectivity index (χ0v) is 22.7. The van der Waals surface area contributed by atoms with Crippen molar-refractivity contribution in [3.63, 3.8) is 0 Å². The molecular formula is C30H29F6NO5. The van der Waals surface area contributed by atoms with Gasteiger partial charge >= 0.3 is 6.18 Å². The van der Waals surface area contributed by atoms with Crippen molar-refractivity contribution in [3.8, 4) is 22.8 Å². The van der Waals surface area contributed by atoms with Crippen LogP contribution in [0.2, 0.25) is 0 Å². The molecule has 2 aliphatic carbocycles. The van der Waals surface area contributed by atoms with E-state index in [1.54, 1.807) is 26.1 Å². The number of nitrogens with zero attached hydrogens (tertiary/aromatic N) is 1. The predicted molar refractivity (Wildman–Crippen MR) is 140 cm³/mol. The van der Waals surface area contributed by atoms with E-state index in [-0.39, 0.29) is 36.7 Å². The van der Waals surface area contributed by atoms with Crippen LogP contribution < -0.4 is 9.47 Å². The lowest BCUT2D eigenvalue weighted by Crippen LogP contribution is -2.21. The topological polar surface area (TPSA) is 88.9 Å². The molecule has 5 rings (SSSR count). The highest BCUT2D eigenvalue weighted by Crippen LogP contribution is 2.56. The Morgan fingerprint density at radius 3 is 2.45 bits per heavy atom. The first-order valence-electron chi connectivity index (χ1n) is 13.1. The molecule has 1 heterocycles. The molecule has 1 saturated carbocycles. The molecule has 42 heavy (non-hydrogen) atoms. The van der Waals surface area contributed by atoms with Gasteiger partial charge in [-0.3, -0.25) is 4.79 Å². The SMILES string of the molecule is CC(C)(O)CCOc1ccc(-c2cc(COc3cc4c(cn3)C3CC3C4)c(F)cc2C(F)(F)F)c(C(F)F)c1.O=CO. The summed E-state index contributed by atoms with van der Waals surface area (Å²) in [5, 5.41) is 16.7. The Labute approximate surface area is 237 Å². The Morgan fingerprint density at radius 2 is 1.81 bits per heavy atom. The van der Waals surface area contributed by atoms with E-state index in [0.717, 1.165) is 36.6 Å². The summed E-state index contributed by atoms with van der Waals surface area (Å²) in [5.74, 6) is 0.210. The first-order chi connectivity index (χ1) is 19.7. The molecule has 3 aromatic rings. The van der Waals surface area contributed by atoms with Crippen LogP contribution in [0, 0.1) is 11.7 Å². The van der Waals surface area contributed by atoms with Gasteiger partial charge in [0.2, 0.25) is 5.88 Å². The van der Waals surface area contributed by atoms with Crippen molar-refractivity contribution in [3.05, 3.63) is 76.2 Å². The van der Waals surface area contributed by atoms with E-state index in [1.165, 1.54) is 11.6 Å². The highest BCUT2D eigenvalue weighted by atomic mass is 19.4. The van der Waals surface area contributed by atoms with Crippen LogP contribution in [0.3, 0.4) is 0 Å². The van der Waals surface area contributed by atoms with Crippen molar-refractivity contribution in [2.24, 2.45) is 5.92 Å². The molecule has 0 bridgehead atoms. The molecule has 0 radical (unpaired) electrons. The number of fused-ring (bicyclic) bond motifs is 3. The van der Waals surface area contributed by atoms with Crippen LogP contribution in [-0.4, -0.2) is 33.9 Å². The lowest BCUT2D eigenvalue weighted by molar-refractivity contribution is -0.137. The summed E-state index contributed by atoms with van der Waals surface area (Å²) in [4.78, 5) is 12.6. The number of aromatic nitrogens is 1. The zero-order valence-electron chi connectivity index (χ0n) is 22.7. The molecule has 2 aromatic carbocycles. The Balaban J connectivity index is 0.00000129. The van der Waals surface area contributed by atoms with Crippen molar-refractivity contribution in [2.75, 3.05) is 6.61 Å². The van der Waals surface area contributed by atoms with Gasteiger partial charge in [0.1, 0.15) is 18.2 Å². The summed E-state index contributed by atoms with van der Waals surface area (Å²) < 4.78 is 95.7. The van der Waals surface area contributed by atoms with Crippen molar-refractivity contribution >= 4 is 6.47 Å². The van der Waals surface area contributed by atoms with Crippen molar-refractivity contribution < 1.29 is 50.8 Å². The van der Waals surface area contributed by atoms with Gasteiger partial charge in [-0.05, 0) is 85.0 Å². The summed E-state index contributed by atoms with van der Waals surface area (Å²) >= 11 is 0. The number of pyridine rings is 1. The molecule has 2 N–H and O–H groups in total. The highest BCUT2D eigenvalue weighted by Gasteiger charge is 2.45. The van der Waals surface area contributed by atoms with E-state index in [4.69, 9.17) is 19.4 Å². The summed E-state index contributed by atoms with van der Waals surface area (Å²) in [6.07, 6.45) is -4.16. The average Bonchev–Trinajstić information content (AvgIpc) is 3.57. The number of halogens is 6. The minimum Gasteiger partial charge on any atom is -0.493 e. The van der Waals surface area contributed by atoms with Crippen LogP contribution in [-0.2, 0) is 24.0 Å². The fourth-order valence-corrected chi connectivity index (χ4v) is 5.02. The molecule has 0 aliphatic heterocycles. The summed E-state index contributed by atoms with van der Waals surface area (Å²) in [5.41, 5.74) is -2.08. The van der Waals surface area contributed by atoms with Gasteiger partial charge in [-0.25, -0.2) is 18.2 Å². The second-order valence-electron chi connectivity index (χ2n) is 10.9. The van der Waals surface area contributed by atoms with Gasteiger partial charge in [0.25, 0.3) is 12.9 Å². The van der Waals surface area contributed by atoms with Crippen LogP contribution in [0.1, 0.15) is 66.8 Å². The quantitative estimate of drug-likeness (QED) is 0.199. The summed E-state index contributed by atoms with van der Waals surface area (Å²) in [6, 6.07) is 6.29. The molecule has 226 valence electrons. The molecule has 0 amide bonds. The Bertz CT molecular complexity index is 1440. The maximum absolute atomic E-state index is 14.8. The van der Waals surface area contributed by atoms with Gasteiger partial charge in [0.05, 0.1) is 17.8 Å². The first kappa shape index (κ1) is 31.1. The van der Waals surface area contributed by atoms with Crippen LogP contribution in [0.5, 0.6) is 11.6 Å². The number of alkyl halides is 5. The smallest absolute Gasteiger partial charge is 0.417 e. The molecule has 2 aliphatic rings. The van der Waals surface area contributed by atoms with Gasteiger partial charge in [-0.2, -0.15) is 13.2 Å². The van der Waals surface area contributed by atoms with E-state index in [1.807, 2.05) is 0 Å². The van der Waals surface area contributed by atoms with E-state index in [9.17, 15) is 31.4 Å². The number of benzene rings is 2. The first-order valence-corrected chi connectivity index (χ1v) is 13.1. The molecule has 2 unspecified atom stereocenters. The molecule has 6 nitrogen and oxygen atoms in total. The highest BCUT2D eigenvalue weighted by molar-refractivity contribution is 5.73. The van der Waals surface area contributed by atoms with E-state index < -0.39 is 52.9 Å². The van der Waals surface area contributed by atoms with Gasteiger partial charge < -0.3 is 19.7 Å². The number of carbonyl (C=O) groups is 1. The largest absolute Gasteiger partial charge is 0.493 e. The Morgan fingerprint density at radius 1 is 1.10 bits per heavy atom. The van der Waals surface area contributed by atoms with Gasteiger partial charge in [-0.1, -0.05) is 6.07 Å². The lowest BCUT2D eigenvalue weighted by Gasteiger charge is -2.20. The van der Waals surface area contributed by atoms with Crippen molar-refractivity contribution in [2.45, 2.75) is 63.8 Å². The third kappa shape index (κ3) is 7.33. The third-order valence-electron chi connectivity index (χ3n) is 7.20.